The normalized spacial score (nSPS) is 15.5. The van der Waals surface area contributed by atoms with Gasteiger partial charge in [0.15, 0.2) is 0 Å². The molecule has 6 heteroatoms. The van der Waals surface area contributed by atoms with E-state index in [2.05, 4.69) is 46.8 Å². The van der Waals surface area contributed by atoms with E-state index in [-0.39, 0.29) is 12.1 Å². The van der Waals surface area contributed by atoms with Crippen molar-refractivity contribution in [1.29, 1.82) is 0 Å². The highest BCUT2D eigenvalue weighted by Gasteiger charge is 2.17. The number of ether oxygens (including phenoxy) is 1. The number of amides is 2. The Morgan fingerprint density at radius 1 is 1.03 bits per heavy atom. The Kier molecular flexibility index (Phi) is 7.97. The van der Waals surface area contributed by atoms with Crippen molar-refractivity contribution >= 4 is 23.1 Å². The van der Waals surface area contributed by atoms with Gasteiger partial charge in [0, 0.05) is 36.2 Å². The average Bonchev–Trinajstić information content (AvgIpc) is 2.76. The van der Waals surface area contributed by atoms with E-state index in [1.54, 1.807) is 0 Å². The van der Waals surface area contributed by atoms with Gasteiger partial charge in [-0.2, -0.15) is 0 Å². The lowest BCUT2D eigenvalue weighted by molar-refractivity contribution is 0.210. The summed E-state index contributed by atoms with van der Waals surface area (Å²) in [6.07, 6.45) is 4.61. The Balaban J connectivity index is 1.48. The fourth-order valence-corrected chi connectivity index (χ4v) is 3.79. The number of anilines is 3. The predicted octanol–water partition coefficient (Wildman–Crippen LogP) is 5.09. The summed E-state index contributed by atoms with van der Waals surface area (Å²) in [5.41, 5.74) is 2.70. The number of hydrogen-bond donors (Lipinski definition) is 3. The van der Waals surface area contributed by atoms with Crippen LogP contribution in [-0.2, 0) is 0 Å². The van der Waals surface area contributed by atoms with Gasteiger partial charge in [-0.25, -0.2) is 4.79 Å². The number of piperidine rings is 1. The highest BCUT2D eigenvalue weighted by molar-refractivity contribution is 5.99. The molecule has 2 amide bonds. The third kappa shape index (κ3) is 6.39. The summed E-state index contributed by atoms with van der Waals surface area (Å²) >= 11 is 0. The number of urea groups is 1. The summed E-state index contributed by atoms with van der Waals surface area (Å²) in [5, 5.41) is 9.11. The van der Waals surface area contributed by atoms with Gasteiger partial charge in [0.2, 0.25) is 0 Å². The third-order valence-corrected chi connectivity index (χ3v) is 5.54. The largest absolute Gasteiger partial charge is 0.491 e. The summed E-state index contributed by atoms with van der Waals surface area (Å²) in [7, 11) is 2.03. The molecule has 0 aliphatic carbocycles. The van der Waals surface area contributed by atoms with E-state index in [0.717, 1.165) is 55.9 Å². The van der Waals surface area contributed by atoms with Crippen molar-refractivity contribution < 1.29 is 9.53 Å². The Hall–Kier alpha value is -2.73. The highest BCUT2D eigenvalue weighted by atomic mass is 16.5. The number of carbonyl (C=O) groups excluding carboxylic acids is 1. The van der Waals surface area contributed by atoms with Crippen LogP contribution in [0, 0.1) is 0 Å². The lowest BCUT2D eigenvalue weighted by atomic mass is 10.0. The number of carbonyl (C=O) groups is 1. The molecule has 162 valence electrons. The molecule has 1 aliphatic rings. The predicted molar refractivity (Wildman–Crippen MR) is 125 cm³/mol. The molecule has 0 bridgehead atoms. The van der Waals surface area contributed by atoms with Crippen LogP contribution in [-0.4, -0.2) is 38.3 Å². The zero-order chi connectivity index (χ0) is 21.3. The average molecular weight is 411 g/mol. The molecule has 1 saturated heterocycles. The molecular weight excluding hydrogens is 376 g/mol. The van der Waals surface area contributed by atoms with Gasteiger partial charge < -0.3 is 25.6 Å². The minimum Gasteiger partial charge on any atom is -0.491 e. The number of nitrogens with zero attached hydrogens (tertiary/aromatic N) is 1. The molecule has 1 unspecified atom stereocenters. The molecule has 2 aromatic carbocycles. The molecule has 0 spiro atoms. The molecule has 1 heterocycles. The van der Waals surface area contributed by atoms with Gasteiger partial charge in [-0.05, 0) is 81.8 Å². The monoisotopic (exact) mass is 410 g/mol. The van der Waals surface area contributed by atoms with Gasteiger partial charge in [-0.15, -0.1) is 0 Å². The van der Waals surface area contributed by atoms with Crippen molar-refractivity contribution in [3.05, 3.63) is 48.5 Å². The Morgan fingerprint density at radius 2 is 1.60 bits per heavy atom. The zero-order valence-electron chi connectivity index (χ0n) is 18.3. The fraction of sp³-hybridized carbons (Fsp3) is 0.458. The lowest BCUT2D eigenvalue weighted by Gasteiger charge is -2.33. The van der Waals surface area contributed by atoms with E-state index in [9.17, 15) is 4.79 Å². The van der Waals surface area contributed by atoms with E-state index in [1.165, 1.54) is 5.69 Å². The minimum absolute atomic E-state index is 0.190. The maximum Gasteiger partial charge on any atom is 0.323 e. The van der Waals surface area contributed by atoms with Crippen LogP contribution in [0.15, 0.2) is 48.5 Å². The molecule has 6 nitrogen and oxygen atoms in total. The first-order chi connectivity index (χ1) is 14.6. The maximum atomic E-state index is 12.3. The van der Waals surface area contributed by atoms with Gasteiger partial charge in [-0.3, -0.25) is 0 Å². The van der Waals surface area contributed by atoms with Gasteiger partial charge in [0.1, 0.15) is 5.75 Å². The van der Waals surface area contributed by atoms with Crippen LogP contribution in [0.1, 0.15) is 39.5 Å². The Bertz CT molecular complexity index is 784. The Morgan fingerprint density at radius 3 is 2.13 bits per heavy atom. The standard InChI is InChI=1S/C24H34N4O2/c1-4-5-18(2)30-23-12-8-21(9-13-23)27-24(29)26-20-6-10-22(11-7-20)28-16-14-19(25-3)15-17-28/h6-13,18-19,25H,4-5,14-17H2,1-3H3,(H2,26,27,29). The van der Waals surface area contributed by atoms with Gasteiger partial charge >= 0.3 is 6.03 Å². The van der Waals surface area contributed by atoms with Gasteiger partial charge in [0.25, 0.3) is 0 Å². The quantitative estimate of drug-likeness (QED) is 0.567. The topological polar surface area (TPSA) is 65.6 Å². The number of rotatable bonds is 8. The van der Waals surface area contributed by atoms with Gasteiger partial charge in [-0.1, -0.05) is 13.3 Å². The van der Waals surface area contributed by atoms with E-state index >= 15 is 0 Å². The summed E-state index contributed by atoms with van der Waals surface area (Å²) in [6, 6.07) is 15.9. The van der Waals surface area contributed by atoms with Crippen molar-refractivity contribution in [3.63, 3.8) is 0 Å². The van der Waals surface area contributed by atoms with Crippen LogP contribution < -0.4 is 25.6 Å². The lowest BCUT2D eigenvalue weighted by Crippen LogP contribution is -2.41. The first-order valence-electron chi connectivity index (χ1n) is 10.9. The molecule has 30 heavy (non-hydrogen) atoms. The van der Waals surface area contributed by atoms with Crippen molar-refractivity contribution in [2.75, 3.05) is 35.7 Å². The maximum absolute atomic E-state index is 12.3. The third-order valence-electron chi connectivity index (χ3n) is 5.54. The molecule has 1 fully saturated rings. The number of nitrogens with one attached hydrogen (secondary N) is 3. The first kappa shape index (κ1) is 22.0. The SMILES string of the molecule is CCCC(C)Oc1ccc(NC(=O)Nc2ccc(N3CCC(NC)CC3)cc2)cc1. The van der Waals surface area contributed by atoms with E-state index in [1.807, 2.05) is 43.4 Å². The first-order valence-corrected chi connectivity index (χ1v) is 10.9. The minimum atomic E-state index is -0.259. The summed E-state index contributed by atoms with van der Waals surface area (Å²) in [6.45, 7) is 6.32. The van der Waals surface area contributed by atoms with Crippen molar-refractivity contribution in [3.8, 4) is 5.75 Å². The summed E-state index contributed by atoms with van der Waals surface area (Å²) in [5.74, 6) is 0.816. The van der Waals surface area contributed by atoms with Gasteiger partial charge in [0.05, 0.1) is 6.10 Å². The molecule has 2 aromatic rings. The summed E-state index contributed by atoms with van der Waals surface area (Å²) in [4.78, 5) is 14.7. The van der Waals surface area contributed by atoms with Crippen LogP contribution in [0.25, 0.3) is 0 Å². The van der Waals surface area contributed by atoms with E-state index < -0.39 is 0 Å². The fourth-order valence-electron chi connectivity index (χ4n) is 3.79. The van der Waals surface area contributed by atoms with E-state index in [0.29, 0.717) is 6.04 Å². The van der Waals surface area contributed by atoms with Crippen LogP contribution in [0.2, 0.25) is 0 Å². The van der Waals surface area contributed by atoms with Crippen molar-refractivity contribution in [1.82, 2.24) is 5.32 Å². The summed E-state index contributed by atoms with van der Waals surface area (Å²) < 4.78 is 5.85. The van der Waals surface area contributed by atoms with Crippen LogP contribution in [0.5, 0.6) is 5.75 Å². The van der Waals surface area contributed by atoms with Crippen molar-refractivity contribution in [2.24, 2.45) is 0 Å². The molecule has 3 N–H and O–H groups in total. The van der Waals surface area contributed by atoms with Crippen LogP contribution in [0.4, 0.5) is 21.9 Å². The second-order valence-corrected chi connectivity index (χ2v) is 7.92. The number of hydrogen-bond acceptors (Lipinski definition) is 4. The zero-order valence-corrected chi connectivity index (χ0v) is 18.3. The second kappa shape index (κ2) is 10.9. The Labute approximate surface area is 180 Å². The van der Waals surface area contributed by atoms with Crippen LogP contribution >= 0.6 is 0 Å². The molecule has 0 radical (unpaired) electrons. The molecule has 1 atom stereocenters. The molecular formula is C24H34N4O2. The van der Waals surface area contributed by atoms with Crippen LogP contribution in [0.3, 0.4) is 0 Å². The van der Waals surface area contributed by atoms with E-state index in [4.69, 9.17) is 4.74 Å². The smallest absolute Gasteiger partial charge is 0.323 e. The molecule has 1 aliphatic heterocycles. The molecule has 0 saturated carbocycles. The molecule has 3 rings (SSSR count). The van der Waals surface area contributed by atoms with Crippen molar-refractivity contribution in [2.45, 2.75) is 51.7 Å². The number of benzene rings is 2. The highest BCUT2D eigenvalue weighted by Crippen LogP contribution is 2.22. The molecule has 0 aromatic heterocycles. The second-order valence-electron chi connectivity index (χ2n) is 7.92.